The molecule has 3 heteroatoms. The first-order valence-corrected chi connectivity index (χ1v) is 6.54. The normalized spacial score (nSPS) is 15.5. The average Bonchev–Trinajstić information content (AvgIpc) is 2.47. The van der Waals surface area contributed by atoms with Crippen LogP contribution >= 0.6 is 11.6 Å². The van der Waals surface area contributed by atoms with Crippen LogP contribution in [0.2, 0.25) is 0 Å². The van der Waals surface area contributed by atoms with E-state index in [9.17, 15) is 4.79 Å². The van der Waals surface area contributed by atoms with E-state index in [2.05, 4.69) is 0 Å². The summed E-state index contributed by atoms with van der Waals surface area (Å²) in [6.45, 7) is 1.92. The van der Waals surface area contributed by atoms with Gasteiger partial charge in [0.25, 0.3) is 0 Å². The Labute approximate surface area is 118 Å². The summed E-state index contributed by atoms with van der Waals surface area (Å²) in [4.78, 5) is 10.7. The number of alkyl halides is 1. The highest BCUT2D eigenvalue weighted by molar-refractivity contribution is 6.35. The molecule has 2 unspecified atom stereocenters. The molecule has 2 aromatic rings. The number of amides is 1. The van der Waals surface area contributed by atoms with E-state index in [0.29, 0.717) is 0 Å². The molecule has 1 amide bonds. The fourth-order valence-electron chi connectivity index (χ4n) is 2.26. The van der Waals surface area contributed by atoms with Crippen LogP contribution in [0, 0.1) is 0 Å². The van der Waals surface area contributed by atoms with Crippen molar-refractivity contribution in [2.75, 3.05) is 0 Å². The fraction of sp³-hybridized carbons (Fsp3) is 0.188. The van der Waals surface area contributed by atoms with E-state index in [1.54, 1.807) is 0 Å². The zero-order valence-corrected chi connectivity index (χ0v) is 11.5. The van der Waals surface area contributed by atoms with Crippen LogP contribution in [0.15, 0.2) is 60.7 Å². The molecule has 0 aliphatic carbocycles. The maximum Gasteiger partial charge on any atom is 0.243 e. The molecule has 2 nitrogen and oxygen atoms in total. The zero-order chi connectivity index (χ0) is 13.9. The van der Waals surface area contributed by atoms with Gasteiger partial charge in [0.1, 0.15) is 0 Å². The Hall–Kier alpha value is -1.80. The summed E-state index contributed by atoms with van der Waals surface area (Å²) in [5, 5.41) is 0. The van der Waals surface area contributed by atoms with Crippen LogP contribution in [-0.2, 0) is 9.67 Å². The van der Waals surface area contributed by atoms with Crippen LogP contribution in [0.3, 0.4) is 0 Å². The molecule has 0 aliphatic heterocycles. The smallest absolute Gasteiger partial charge is 0.243 e. The summed E-state index contributed by atoms with van der Waals surface area (Å²) in [6.07, 6.45) is 0. The SMILES string of the molecule is CC(c1ccccc1)C(Cl)(C(N)=O)c1ccccc1. The molecule has 0 heterocycles. The third-order valence-corrected chi connectivity index (χ3v) is 4.18. The van der Waals surface area contributed by atoms with Crippen molar-refractivity contribution < 1.29 is 4.79 Å². The Kier molecular flexibility index (Phi) is 3.91. The van der Waals surface area contributed by atoms with E-state index in [0.717, 1.165) is 11.1 Å². The van der Waals surface area contributed by atoms with Gasteiger partial charge < -0.3 is 5.73 Å². The van der Waals surface area contributed by atoms with Crippen molar-refractivity contribution in [1.82, 2.24) is 0 Å². The van der Waals surface area contributed by atoms with Crippen molar-refractivity contribution >= 4 is 17.5 Å². The lowest BCUT2D eigenvalue weighted by atomic mass is 9.81. The fourth-order valence-corrected chi connectivity index (χ4v) is 2.51. The number of halogens is 1. The molecular formula is C16H16ClNO. The van der Waals surface area contributed by atoms with Gasteiger partial charge in [-0.3, -0.25) is 4.79 Å². The minimum absolute atomic E-state index is 0.213. The number of carbonyl (C=O) groups is 1. The number of nitrogens with two attached hydrogens (primary N) is 1. The molecule has 2 atom stereocenters. The van der Waals surface area contributed by atoms with E-state index >= 15 is 0 Å². The molecule has 98 valence electrons. The van der Waals surface area contributed by atoms with Crippen LogP contribution in [0.25, 0.3) is 0 Å². The maximum atomic E-state index is 11.9. The largest absolute Gasteiger partial charge is 0.368 e. The number of hydrogen-bond donors (Lipinski definition) is 1. The molecule has 2 rings (SSSR count). The van der Waals surface area contributed by atoms with Gasteiger partial charge in [0.15, 0.2) is 4.87 Å². The minimum Gasteiger partial charge on any atom is -0.368 e. The highest BCUT2D eigenvalue weighted by Crippen LogP contribution is 2.42. The van der Waals surface area contributed by atoms with Gasteiger partial charge in [-0.2, -0.15) is 0 Å². The second kappa shape index (κ2) is 5.45. The summed E-state index contributed by atoms with van der Waals surface area (Å²) in [7, 11) is 0. The molecule has 2 aromatic carbocycles. The highest BCUT2D eigenvalue weighted by atomic mass is 35.5. The topological polar surface area (TPSA) is 43.1 Å². The number of benzene rings is 2. The number of hydrogen-bond acceptors (Lipinski definition) is 1. The van der Waals surface area contributed by atoms with Gasteiger partial charge in [-0.25, -0.2) is 0 Å². The molecular weight excluding hydrogens is 258 g/mol. The Balaban J connectivity index is 2.49. The maximum absolute atomic E-state index is 11.9. The third-order valence-electron chi connectivity index (χ3n) is 3.45. The monoisotopic (exact) mass is 273 g/mol. The standard InChI is InChI=1S/C16H16ClNO/c1-12(13-8-4-2-5-9-13)16(17,15(18)19)14-10-6-3-7-11-14/h2-12H,1H3,(H2,18,19). The first-order chi connectivity index (χ1) is 9.06. The molecule has 0 bridgehead atoms. The lowest BCUT2D eigenvalue weighted by molar-refractivity contribution is -0.121. The van der Waals surface area contributed by atoms with Gasteiger partial charge in [0.2, 0.25) is 5.91 Å². The van der Waals surface area contributed by atoms with E-state index in [1.165, 1.54) is 0 Å². The van der Waals surface area contributed by atoms with Gasteiger partial charge in [-0.15, -0.1) is 11.6 Å². The Morgan fingerprint density at radius 2 is 1.53 bits per heavy atom. The number of rotatable bonds is 4. The summed E-state index contributed by atoms with van der Waals surface area (Å²) < 4.78 is 0. The first-order valence-electron chi connectivity index (χ1n) is 6.16. The van der Waals surface area contributed by atoms with E-state index in [1.807, 2.05) is 67.6 Å². The Morgan fingerprint density at radius 3 is 2.00 bits per heavy atom. The van der Waals surface area contributed by atoms with Gasteiger partial charge in [-0.1, -0.05) is 67.6 Å². The summed E-state index contributed by atoms with van der Waals surface area (Å²) in [6, 6.07) is 18.9. The minimum atomic E-state index is -1.23. The highest BCUT2D eigenvalue weighted by Gasteiger charge is 2.42. The predicted molar refractivity (Wildman–Crippen MR) is 78.0 cm³/mol. The molecule has 0 radical (unpaired) electrons. The lowest BCUT2D eigenvalue weighted by Crippen LogP contribution is -2.40. The van der Waals surface area contributed by atoms with Crippen LogP contribution < -0.4 is 5.73 Å². The van der Waals surface area contributed by atoms with Crippen LogP contribution in [0.1, 0.15) is 24.0 Å². The van der Waals surface area contributed by atoms with Crippen molar-refractivity contribution in [2.45, 2.75) is 17.7 Å². The van der Waals surface area contributed by atoms with Crippen molar-refractivity contribution in [1.29, 1.82) is 0 Å². The van der Waals surface area contributed by atoms with Crippen LogP contribution in [-0.4, -0.2) is 5.91 Å². The molecule has 2 N–H and O–H groups in total. The van der Waals surface area contributed by atoms with Crippen molar-refractivity contribution in [2.24, 2.45) is 5.73 Å². The first kappa shape index (κ1) is 13.6. The molecule has 19 heavy (non-hydrogen) atoms. The van der Waals surface area contributed by atoms with E-state index in [-0.39, 0.29) is 5.92 Å². The Morgan fingerprint density at radius 1 is 1.05 bits per heavy atom. The van der Waals surface area contributed by atoms with Gasteiger partial charge >= 0.3 is 0 Å². The van der Waals surface area contributed by atoms with E-state index < -0.39 is 10.8 Å². The van der Waals surface area contributed by atoms with Crippen molar-refractivity contribution in [3.05, 3.63) is 71.8 Å². The summed E-state index contributed by atoms with van der Waals surface area (Å²) in [5.74, 6) is -0.744. The van der Waals surface area contributed by atoms with Crippen molar-refractivity contribution in [3.63, 3.8) is 0 Å². The molecule has 0 fully saturated rings. The van der Waals surface area contributed by atoms with Crippen LogP contribution in [0.4, 0.5) is 0 Å². The van der Waals surface area contributed by atoms with Gasteiger partial charge in [0.05, 0.1) is 0 Å². The number of primary amides is 1. The molecule has 0 aromatic heterocycles. The average molecular weight is 274 g/mol. The second-order valence-corrected chi connectivity index (χ2v) is 5.17. The second-order valence-electron chi connectivity index (χ2n) is 4.57. The summed E-state index contributed by atoms with van der Waals surface area (Å²) in [5.41, 5.74) is 7.28. The third kappa shape index (κ3) is 2.49. The molecule has 0 saturated carbocycles. The lowest BCUT2D eigenvalue weighted by Gasteiger charge is -2.31. The zero-order valence-electron chi connectivity index (χ0n) is 10.7. The number of carbonyl (C=O) groups excluding carboxylic acids is 1. The van der Waals surface area contributed by atoms with Crippen molar-refractivity contribution in [3.8, 4) is 0 Å². The molecule has 0 aliphatic rings. The van der Waals surface area contributed by atoms with Gasteiger partial charge in [0, 0.05) is 5.92 Å². The van der Waals surface area contributed by atoms with E-state index in [4.69, 9.17) is 17.3 Å². The summed E-state index contributed by atoms with van der Waals surface area (Å²) >= 11 is 6.61. The molecule has 0 spiro atoms. The van der Waals surface area contributed by atoms with Crippen LogP contribution in [0.5, 0.6) is 0 Å². The molecule has 0 saturated heterocycles. The van der Waals surface area contributed by atoms with Gasteiger partial charge in [-0.05, 0) is 11.1 Å². The predicted octanol–water partition coefficient (Wildman–Crippen LogP) is 3.41. The Bertz CT molecular complexity index is 555. The quantitative estimate of drug-likeness (QED) is 0.853.